The van der Waals surface area contributed by atoms with Gasteiger partial charge in [0.25, 0.3) is 0 Å². The van der Waals surface area contributed by atoms with Crippen LogP contribution in [0.3, 0.4) is 0 Å². The molecule has 7 heteroatoms. The van der Waals surface area contributed by atoms with E-state index in [1.807, 2.05) is 0 Å². The molecule has 0 saturated carbocycles. The van der Waals surface area contributed by atoms with E-state index in [2.05, 4.69) is 10.1 Å². The lowest BCUT2D eigenvalue weighted by Gasteiger charge is -2.06. The topological polar surface area (TPSA) is 56.2 Å². The second kappa shape index (κ2) is 4.85. The summed E-state index contributed by atoms with van der Waals surface area (Å²) >= 11 is 0. The lowest BCUT2D eigenvalue weighted by molar-refractivity contribution is -0.137. The molecule has 3 rings (SSSR count). The Morgan fingerprint density at radius 1 is 1.14 bits per heavy atom. The number of pyridine rings is 1. The van der Waals surface area contributed by atoms with Crippen LogP contribution in [0.2, 0.25) is 0 Å². The fourth-order valence-corrected chi connectivity index (χ4v) is 2.00. The molecule has 2 N–H and O–H groups in total. The number of benzene rings is 1. The van der Waals surface area contributed by atoms with E-state index >= 15 is 0 Å². The zero-order valence-corrected chi connectivity index (χ0v) is 10.8. The van der Waals surface area contributed by atoms with Gasteiger partial charge in [0.15, 0.2) is 11.5 Å². The van der Waals surface area contributed by atoms with Crippen LogP contribution in [0, 0.1) is 0 Å². The van der Waals surface area contributed by atoms with E-state index in [1.54, 1.807) is 24.4 Å². The quantitative estimate of drug-likeness (QED) is 0.790. The molecule has 4 nitrogen and oxygen atoms in total. The number of fused-ring (bicyclic) bond motifs is 1. The van der Waals surface area contributed by atoms with E-state index in [1.165, 1.54) is 10.6 Å². The van der Waals surface area contributed by atoms with E-state index < -0.39 is 11.7 Å². The number of rotatable bonds is 2. The van der Waals surface area contributed by atoms with Crippen molar-refractivity contribution in [2.75, 3.05) is 0 Å². The minimum absolute atomic E-state index is 0.246. The lowest BCUT2D eigenvalue weighted by Crippen LogP contribution is -2.04. The largest absolute Gasteiger partial charge is 0.416 e. The van der Waals surface area contributed by atoms with Crippen molar-refractivity contribution in [2.24, 2.45) is 5.73 Å². The van der Waals surface area contributed by atoms with E-state index in [0.717, 1.165) is 17.7 Å². The summed E-state index contributed by atoms with van der Waals surface area (Å²) in [4.78, 5) is 4.23. The van der Waals surface area contributed by atoms with Crippen molar-refractivity contribution in [1.82, 2.24) is 14.6 Å². The second-order valence-electron chi connectivity index (χ2n) is 4.56. The molecular weight excluding hydrogens is 281 g/mol. The Labute approximate surface area is 118 Å². The monoisotopic (exact) mass is 292 g/mol. The van der Waals surface area contributed by atoms with Crippen LogP contribution in [-0.2, 0) is 12.7 Å². The fraction of sp³-hybridized carbons (Fsp3) is 0.143. The zero-order valence-electron chi connectivity index (χ0n) is 10.8. The van der Waals surface area contributed by atoms with Crippen LogP contribution in [0.25, 0.3) is 17.0 Å². The third-order valence-corrected chi connectivity index (χ3v) is 3.08. The van der Waals surface area contributed by atoms with Crippen LogP contribution in [0.15, 0.2) is 42.6 Å². The molecule has 0 aliphatic carbocycles. The molecule has 0 saturated heterocycles. The van der Waals surface area contributed by atoms with Crippen LogP contribution in [0.1, 0.15) is 11.1 Å². The number of hydrogen-bond acceptors (Lipinski definition) is 3. The van der Waals surface area contributed by atoms with E-state index in [9.17, 15) is 13.2 Å². The summed E-state index contributed by atoms with van der Waals surface area (Å²) in [5.74, 6) is 0.246. The van der Waals surface area contributed by atoms with Gasteiger partial charge in [-0.05, 0) is 23.8 Å². The molecule has 0 atom stereocenters. The molecule has 1 aromatic carbocycles. The molecular formula is C14H11F3N4. The summed E-state index contributed by atoms with van der Waals surface area (Å²) in [6.45, 7) is 0.356. The van der Waals surface area contributed by atoms with E-state index in [-0.39, 0.29) is 5.82 Å². The van der Waals surface area contributed by atoms with Crippen LogP contribution in [0.5, 0.6) is 0 Å². The third-order valence-electron chi connectivity index (χ3n) is 3.08. The first-order valence-corrected chi connectivity index (χ1v) is 6.20. The minimum Gasteiger partial charge on any atom is -0.326 e. The first-order chi connectivity index (χ1) is 9.97. The van der Waals surface area contributed by atoms with Crippen molar-refractivity contribution in [3.63, 3.8) is 0 Å². The van der Waals surface area contributed by atoms with Crippen LogP contribution >= 0.6 is 0 Å². The van der Waals surface area contributed by atoms with Crippen LogP contribution in [0.4, 0.5) is 13.2 Å². The molecule has 0 amide bonds. The van der Waals surface area contributed by atoms with Gasteiger partial charge < -0.3 is 5.73 Å². The Bertz CT molecular complexity index is 792. The maximum absolute atomic E-state index is 12.7. The van der Waals surface area contributed by atoms with Gasteiger partial charge >= 0.3 is 6.18 Å². The Balaban J connectivity index is 2.08. The summed E-state index contributed by atoms with van der Waals surface area (Å²) in [6, 6.07) is 8.49. The number of nitrogens with two attached hydrogens (primary N) is 1. The summed E-state index contributed by atoms with van der Waals surface area (Å²) in [6.07, 6.45) is -2.68. The molecule has 0 radical (unpaired) electrons. The first-order valence-electron chi connectivity index (χ1n) is 6.20. The molecule has 108 valence electrons. The van der Waals surface area contributed by atoms with Crippen LogP contribution < -0.4 is 5.73 Å². The standard InChI is InChI=1S/C14H11F3N4/c15-14(16,17)11-3-1-2-10(6-11)13-19-12-5-4-9(7-18)8-21(12)20-13/h1-6,8H,7,18H2. The summed E-state index contributed by atoms with van der Waals surface area (Å²) in [5, 5.41) is 4.20. The Kier molecular flexibility index (Phi) is 3.13. The SMILES string of the molecule is NCc1ccc2nc(-c3cccc(C(F)(F)F)c3)nn2c1. The Morgan fingerprint density at radius 2 is 1.95 bits per heavy atom. The fourth-order valence-electron chi connectivity index (χ4n) is 2.00. The highest BCUT2D eigenvalue weighted by Crippen LogP contribution is 2.31. The highest BCUT2D eigenvalue weighted by Gasteiger charge is 2.30. The van der Waals surface area contributed by atoms with Gasteiger partial charge in [-0.2, -0.15) is 13.2 Å². The van der Waals surface area contributed by atoms with Gasteiger partial charge in [0.05, 0.1) is 5.56 Å². The maximum atomic E-state index is 12.7. The predicted octanol–water partition coefficient (Wildman–Crippen LogP) is 2.87. The van der Waals surface area contributed by atoms with Crippen molar-refractivity contribution in [1.29, 1.82) is 0 Å². The predicted molar refractivity (Wildman–Crippen MR) is 71.3 cm³/mol. The molecule has 0 unspecified atom stereocenters. The van der Waals surface area contributed by atoms with Gasteiger partial charge in [-0.25, -0.2) is 9.50 Å². The number of alkyl halides is 3. The van der Waals surface area contributed by atoms with Gasteiger partial charge in [-0.3, -0.25) is 0 Å². The smallest absolute Gasteiger partial charge is 0.326 e. The number of halogens is 3. The first kappa shape index (κ1) is 13.6. The molecule has 0 spiro atoms. The normalized spacial score (nSPS) is 12.0. The molecule has 2 heterocycles. The van der Waals surface area contributed by atoms with Crippen LogP contribution in [-0.4, -0.2) is 14.6 Å². The van der Waals surface area contributed by atoms with Crippen molar-refractivity contribution in [3.8, 4) is 11.4 Å². The van der Waals surface area contributed by atoms with Crippen molar-refractivity contribution < 1.29 is 13.2 Å². The molecule has 2 aromatic heterocycles. The van der Waals surface area contributed by atoms with Gasteiger partial charge in [-0.15, -0.1) is 5.10 Å². The van der Waals surface area contributed by atoms with Gasteiger partial charge in [-0.1, -0.05) is 18.2 Å². The average molecular weight is 292 g/mol. The lowest BCUT2D eigenvalue weighted by atomic mass is 10.1. The number of aromatic nitrogens is 3. The molecule has 0 aliphatic rings. The van der Waals surface area contributed by atoms with Gasteiger partial charge in [0.1, 0.15) is 0 Å². The van der Waals surface area contributed by atoms with Crippen molar-refractivity contribution in [3.05, 3.63) is 53.7 Å². The van der Waals surface area contributed by atoms with Gasteiger partial charge in [0, 0.05) is 18.3 Å². The zero-order chi connectivity index (χ0) is 15.0. The molecule has 0 bridgehead atoms. The second-order valence-corrected chi connectivity index (χ2v) is 4.56. The summed E-state index contributed by atoms with van der Waals surface area (Å²) in [7, 11) is 0. The molecule has 21 heavy (non-hydrogen) atoms. The van der Waals surface area contributed by atoms with E-state index in [0.29, 0.717) is 17.8 Å². The van der Waals surface area contributed by atoms with Gasteiger partial charge in [0.2, 0.25) is 0 Å². The molecule has 0 aliphatic heterocycles. The highest BCUT2D eigenvalue weighted by atomic mass is 19.4. The number of hydrogen-bond donors (Lipinski definition) is 1. The van der Waals surface area contributed by atoms with E-state index in [4.69, 9.17) is 5.73 Å². The average Bonchev–Trinajstić information content (AvgIpc) is 2.89. The molecule has 0 fully saturated rings. The number of nitrogens with zero attached hydrogens (tertiary/aromatic N) is 3. The Hall–Kier alpha value is -2.41. The minimum atomic E-state index is -4.39. The Morgan fingerprint density at radius 3 is 2.67 bits per heavy atom. The molecule has 3 aromatic rings. The third kappa shape index (κ3) is 2.59. The maximum Gasteiger partial charge on any atom is 0.416 e. The van der Waals surface area contributed by atoms with Crippen molar-refractivity contribution in [2.45, 2.75) is 12.7 Å². The summed E-state index contributed by atoms with van der Waals surface area (Å²) in [5.41, 5.74) is 6.56. The highest BCUT2D eigenvalue weighted by molar-refractivity contribution is 5.59. The van der Waals surface area contributed by atoms with Crippen molar-refractivity contribution >= 4 is 5.65 Å². The summed E-state index contributed by atoms with van der Waals surface area (Å²) < 4.78 is 39.7.